The van der Waals surface area contributed by atoms with Crippen molar-refractivity contribution in [3.8, 4) is 0 Å². The van der Waals surface area contributed by atoms with E-state index >= 15 is 0 Å². The average Bonchev–Trinajstić information content (AvgIpc) is 2.25. The maximum atomic E-state index is 11.6. The van der Waals surface area contributed by atoms with Crippen LogP contribution in [0.3, 0.4) is 0 Å². The lowest BCUT2D eigenvalue weighted by Crippen LogP contribution is -2.52. The summed E-state index contributed by atoms with van der Waals surface area (Å²) in [6, 6.07) is 9.51. The first-order valence-electron chi connectivity index (χ1n) is 5.41. The van der Waals surface area contributed by atoms with Gasteiger partial charge < -0.3 is 10.0 Å². The Bertz CT molecular complexity index is 447. The molecule has 4 nitrogen and oxygen atoms in total. The topological polar surface area (TPSA) is 57.6 Å². The summed E-state index contributed by atoms with van der Waals surface area (Å²) < 4.78 is 0. The molecule has 0 aromatic heterocycles. The van der Waals surface area contributed by atoms with Crippen molar-refractivity contribution in [1.82, 2.24) is 4.90 Å². The second-order valence-electron chi connectivity index (χ2n) is 4.02. The fourth-order valence-electron chi connectivity index (χ4n) is 1.65. The molecule has 1 fully saturated rings. The molecule has 0 aliphatic carbocycles. The van der Waals surface area contributed by atoms with E-state index in [1.54, 1.807) is 6.08 Å². The number of likely N-dealkylation sites (tertiary alicyclic amines) is 1. The van der Waals surface area contributed by atoms with Crippen molar-refractivity contribution in [3.63, 3.8) is 0 Å². The summed E-state index contributed by atoms with van der Waals surface area (Å²) in [4.78, 5) is 23.7. The summed E-state index contributed by atoms with van der Waals surface area (Å²) in [5.74, 6) is -1.36. The maximum absolute atomic E-state index is 11.6. The Morgan fingerprint density at radius 3 is 2.47 bits per heavy atom. The van der Waals surface area contributed by atoms with Crippen LogP contribution in [0.15, 0.2) is 36.4 Å². The van der Waals surface area contributed by atoms with Gasteiger partial charge in [0.25, 0.3) is 0 Å². The monoisotopic (exact) mass is 231 g/mol. The van der Waals surface area contributed by atoms with Crippen LogP contribution >= 0.6 is 0 Å². The molecule has 17 heavy (non-hydrogen) atoms. The number of carboxylic acid groups (broad SMARTS) is 1. The first kappa shape index (κ1) is 11.4. The molecule has 1 aromatic carbocycles. The van der Waals surface area contributed by atoms with Crippen molar-refractivity contribution in [2.24, 2.45) is 5.92 Å². The number of benzene rings is 1. The van der Waals surface area contributed by atoms with Crippen LogP contribution in [0.25, 0.3) is 6.08 Å². The van der Waals surface area contributed by atoms with Crippen LogP contribution in [0, 0.1) is 5.92 Å². The van der Waals surface area contributed by atoms with Crippen LogP contribution in [-0.2, 0) is 9.59 Å². The number of aliphatic carboxylic acids is 1. The van der Waals surface area contributed by atoms with E-state index in [9.17, 15) is 9.59 Å². The molecule has 1 saturated heterocycles. The Kier molecular flexibility index (Phi) is 3.23. The first-order valence-corrected chi connectivity index (χ1v) is 5.41. The Balaban J connectivity index is 1.87. The second kappa shape index (κ2) is 4.82. The quantitative estimate of drug-likeness (QED) is 0.796. The summed E-state index contributed by atoms with van der Waals surface area (Å²) in [5, 5.41) is 8.68. The Morgan fingerprint density at radius 2 is 1.88 bits per heavy atom. The van der Waals surface area contributed by atoms with E-state index in [1.807, 2.05) is 30.3 Å². The van der Waals surface area contributed by atoms with E-state index in [1.165, 1.54) is 11.0 Å². The van der Waals surface area contributed by atoms with Crippen molar-refractivity contribution < 1.29 is 14.7 Å². The molecule has 1 aliphatic rings. The third kappa shape index (κ3) is 2.72. The molecule has 1 N–H and O–H groups in total. The smallest absolute Gasteiger partial charge is 0.310 e. The Hall–Kier alpha value is -2.10. The largest absolute Gasteiger partial charge is 0.481 e. The van der Waals surface area contributed by atoms with Crippen LogP contribution in [0.1, 0.15) is 5.56 Å². The Labute approximate surface area is 99.2 Å². The molecule has 2 rings (SSSR count). The highest BCUT2D eigenvalue weighted by Gasteiger charge is 2.34. The lowest BCUT2D eigenvalue weighted by atomic mass is 10.0. The van der Waals surface area contributed by atoms with E-state index in [-0.39, 0.29) is 5.91 Å². The molecule has 0 radical (unpaired) electrons. The molecule has 1 amide bonds. The molecule has 0 unspecified atom stereocenters. The molecular formula is C13H13NO3. The lowest BCUT2D eigenvalue weighted by Gasteiger charge is -2.35. The zero-order chi connectivity index (χ0) is 12.3. The fourth-order valence-corrected chi connectivity index (χ4v) is 1.65. The van der Waals surface area contributed by atoms with Crippen molar-refractivity contribution in [3.05, 3.63) is 42.0 Å². The highest BCUT2D eigenvalue weighted by atomic mass is 16.4. The molecular weight excluding hydrogens is 218 g/mol. The standard InChI is InChI=1S/C13H13NO3/c15-12(14-8-11(9-14)13(16)17)7-6-10-4-2-1-3-5-10/h1-7,11H,8-9H2,(H,16,17)/b7-6+. The minimum atomic E-state index is -0.832. The highest BCUT2D eigenvalue weighted by molar-refractivity contribution is 5.93. The summed E-state index contributed by atoms with van der Waals surface area (Å²) in [7, 11) is 0. The molecule has 0 saturated carbocycles. The fraction of sp³-hybridized carbons (Fsp3) is 0.231. The van der Waals surface area contributed by atoms with Gasteiger partial charge in [-0.3, -0.25) is 9.59 Å². The molecule has 4 heteroatoms. The van der Waals surface area contributed by atoms with Crippen molar-refractivity contribution in [2.75, 3.05) is 13.1 Å². The van der Waals surface area contributed by atoms with Crippen LogP contribution in [-0.4, -0.2) is 35.0 Å². The second-order valence-corrected chi connectivity index (χ2v) is 4.02. The minimum Gasteiger partial charge on any atom is -0.481 e. The van der Waals surface area contributed by atoms with Gasteiger partial charge in [-0.15, -0.1) is 0 Å². The predicted molar refractivity (Wildman–Crippen MR) is 63.2 cm³/mol. The van der Waals surface area contributed by atoms with Gasteiger partial charge in [-0.05, 0) is 11.6 Å². The molecule has 1 heterocycles. The van der Waals surface area contributed by atoms with Gasteiger partial charge in [-0.2, -0.15) is 0 Å². The maximum Gasteiger partial charge on any atom is 0.310 e. The number of nitrogens with zero attached hydrogens (tertiary/aromatic N) is 1. The van der Waals surface area contributed by atoms with Crippen LogP contribution in [0.5, 0.6) is 0 Å². The minimum absolute atomic E-state index is 0.133. The van der Waals surface area contributed by atoms with Crippen LogP contribution in [0.2, 0.25) is 0 Å². The third-order valence-corrected chi connectivity index (χ3v) is 2.76. The van der Waals surface area contributed by atoms with Gasteiger partial charge in [-0.25, -0.2) is 0 Å². The van der Waals surface area contributed by atoms with Gasteiger partial charge in [0.15, 0.2) is 0 Å². The van der Waals surface area contributed by atoms with Crippen molar-refractivity contribution in [2.45, 2.75) is 0 Å². The molecule has 0 bridgehead atoms. The molecule has 1 aromatic rings. The van der Waals surface area contributed by atoms with Gasteiger partial charge in [0.2, 0.25) is 5.91 Å². The van der Waals surface area contributed by atoms with E-state index in [2.05, 4.69) is 0 Å². The summed E-state index contributed by atoms with van der Waals surface area (Å²) in [6.45, 7) is 0.626. The summed E-state index contributed by atoms with van der Waals surface area (Å²) >= 11 is 0. The molecule has 0 atom stereocenters. The van der Waals surface area contributed by atoms with E-state index in [0.29, 0.717) is 13.1 Å². The van der Waals surface area contributed by atoms with Gasteiger partial charge in [-0.1, -0.05) is 30.3 Å². The molecule has 88 valence electrons. The van der Waals surface area contributed by atoms with Gasteiger partial charge in [0, 0.05) is 19.2 Å². The number of hydrogen-bond acceptors (Lipinski definition) is 2. The van der Waals surface area contributed by atoms with Crippen LogP contribution in [0.4, 0.5) is 0 Å². The number of amides is 1. The lowest BCUT2D eigenvalue weighted by molar-refractivity contribution is -0.151. The Morgan fingerprint density at radius 1 is 1.24 bits per heavy atom. The number of carbonyl (C=O) groups excluding carboxylic acids is 1. The number of carboxylic acids is 1. The van der Waals surface area contributed by atoms with Crippen LogP contribution < -0.4 is 0 Å². The number of hydrogen-bond donors (Lipinski definition) is 1. The predicted octanol–water partition coefficient (Wildman–Crippen LogP) is 1.24. The molecule has 1 aliphatic heterocycles. The van der Waals surface area contributed by atoms with Crippen molar-refractivity contribution >= 4 is 18.0 Å². The number of carbonyl (C=O) groups is 2. The normalized spacial score (nSPS) is 15.9. The van der Waals surface area contributed by atoms with Crippen molar-refractivity contribution in [1.29, 1.82) is 0 Å². The summed E-state index contributed by atoms with van der Waals surface area (Å²) in [5.41, 5.74) is 0.955. The first-order chi connectivity index (χ1) is 8.16. The van der Waals surface area contributed by atoms with E-state index in [0.717, 1.165) is 5.56 Å². The van der Waals surface area contributed by atoms with E-state index < -0.39 is 11.9 Å². The van der Waals surface area contributed by atoms with Gasteiger partial charge in [0.05, 0.1) is 5.92 Å². The number of rotatable bonds is 3. The van der Waals surface area contributed by atoms with Gasteiger partial charge in [0.1, 0.15) is 0 Å². The highest BCUT2D eigenvalue weighted by Crippen LogP contribution is 2.16. The average molecular weight is 231 g/mol. The zero-order valence-corrected chi connectivity index (χ0v) is 9.24. The molecule has 0 spiro atoms. The zero-order valence-electron chi connectivity index (χ0n) is 9.24. The van der Waals surface area contributed by atoms with E-state index in [4.69, 9.17) is 5.11 Å². The SMILES string of the molecule is O=C(O)C1CN(C(=O)/C=C/c2ccccc2)C1. The third-order valence-electron chi connectivity index (χ3n) is 2.76. The summed E-state index contributed by atoms with van der Waals surface area (Å²) in [6.07, 6.45) is 3.21. The van der Waals surface area contributed by atoms with Gasteiger partial charge >= 0.3 is 5.97 Å².